The van der Waals surface area contributed by atoms with Gasteiger partial charge in [0.25, 0.3) is 5.91 Å². The van der Waals surface area contributed by atoms with Crippen LogP contribution in [0.4, 0.5) is 11.5 Å². The molecule has 0 saturated carbocycles. The van der Waals surface area contributed by atoms with Gasteiger partial charge in [0, 0.05) is 19.1 Å². The summed E-state index contributed by atoms with van der Waals surface area (Å²) < 4.78 is 0. The van der Waals surface area contributed by atoms with E-state index in [1.54, 1.807) is 0 Å². The Morgan fingerprint density at radius 1 is 1.29 bits per heavy atom. The number of para-hydroxylation sites is 1. The summed E-state index contributed by atoms with van der Waals surface area (Å²) in [7, 11) is 0. The number of nitrogens with one attached hydrogen (secondary N) is 1. The van der Waals surface area contributed by atoms with E-state index < -0.39 is 5.91 Å². The summed E-state index contributed by atoms with van der Waals surface area (Å²) in [5, 5.41) is 11.9. The third-order valence-corrected chi connectivity index (χ3v) is 4.49. The van der Waals surface area contributed by atoms with Gasteiger partial charge < -0.3 is 16.0 Å². The molecule has 0 radical (unpaired) electrons. The standard InChI is InChI=1S/C16H17Cl2N5O/c17-12-5-1-2-6-13(12)23-7-3-4-10(9-23)20-16-11(15(19)24)8-14(18)21-22-16/h1-2,5-6,8,10H,3-4,7,9H2,(H2,19,24)(H,20,22). The van der Waals surface area contributed by atoms with Crippen molar-refractivity contribution in [2.75, 3.05) is 23.3 Å². The van der Waals surface area contributed by atoms with Crippen molar-refractivity contribution in [1.29, 1.82) is 0 Å². The molecule has 1 amide bonds. The molecule has 1 aromatic carbocycles. The Bertz CT molecular complexity index is 755. The molecule has 8 heteroatoms. The molecule has 2 heterocycles. The van der Waals surface area contributed by atoms with Crippen molar-refractivity contribution in [1.82, 2.24) is 10.2 Å². The van der Waals surface area contributed by atoms with Gasteiger partial charge in [-0.25, -0.2) is 0 Å². The lowest BCUT2D eigenvalue weighted by atomic mass is 10.0. The summed E-state index contributed by atoms with van der Waals surface area (Å²) in [6.45, 7) is 1.67. The second-order valence-corrected chi connectivity index (χ2v) is 6.47. The Balaban J connectivity index is 1.77. The van der Waals surface area contributed by atoms with Crippen LogP contribution in [0.15, 0.2) is 30.3 Å². The maximum Gasteiger partial charge on any atom is 0.252 e. The maximum atomic E-state index is 11.6. The lowest BCUT2D eigenvalue weighted by Gasteiger charge is -2.35. The van der Waals surface area contributed by atoms with E-state index in [-0.39, 0.29) is 16.8 Å². The molecule has 2 aromatic rings. The summed E-state index contributed by atoms with van der Waals surface area (Å²) in [4.78, 5) is 13.8. The highest BCUT2D eigenvalue weighted by atomic mass is 35.5. The summed E-state index contributed by atoms with van der Waals surface area (Å²) in [6, 6.07) is 9.28. The van der Waals surface area contributed by atoms with Gasteiger partial charge >= 0.3 is 0 Å². The van der Waals surface area contributed by atoms with E-state index in [2.05, 4.69) is 20.4 Å². The molecule has 3 N–H and O–H groups in total. The lowest BCUT2D eigenvalue weighted by Crippen LogP contribution is -2.42. The van der Waals surface area contributed by atoms with E-state index in [1.165, 1.54) is 6.07 Å². The van der Waals surface area contributed by atoms with Gasteiger partial charge in [0.15, 0.2) is 11.0 Å². The predicted octanol–water partition coefficient (Wildman–Crippen LogP) is 2.96. The van der Waals surface area contributed by atoms with Gasteiger partial charge in [0.2, 0.25) is 0 Å². The van der Waals surface area contributed by atoms with Crippen LogP contribution in [0.5, 0.6) is 0 Å². The van der Waals surface area contributed by atoms with E-state index in [9.17, 15) is 4.79 Å². The third kappa shape index (κ3) is 3.71. The number of benzene rings is 1. The maximum absolute atomic E-state index is 11.6. The zero-order chi connectivity index (χ0) is 17.1. The first-order valence-corrected chi connectivity index (χ1v) is 8.39. The Kier molecular flexibility index (Phi) is 5.06. The quantitative estimate of drug-likeness (QED) is 0.869. The second kappa shape index (κ2) is 7.23. The largest absolute Gasteiger partial charge is 0.368 e. The molecule has 1 saturated heterocycles. The average molecular weight is 366 g/mol. The number of primary amides is 1. The van der Waals surface area contributed by atoms with E-state index in [0.717, 1.165) is 36.6 Å². The highest BCUT2D eigenvalue weighted by Gasteiger charge is 2.23. The van der Waals surface area contributed by atoms with Gasteiger partial charge in [0.05, 0.1) is 16.3 Å². The number of hydrogen-bond acceptors (Lipinski definition) is 5. The smallest absolute Gasteiger partial charge is 0.252 e. The zero-order valence-electron chi connectivity index (χ0n) is 12.9. The fraction of sp³-hybridized carbons (Fsp3) is 0.312. The molecule has 1 unspecified atom stereocenters. The van der Waals surface area contributed by atoms with Gasteiger partial charge in [0.1, 0.15) is 0 Å². The molecule has 1 aliphatic rings. The number of nitrogens with two attached hydrogens (primary N) is 1. The fourth-order valence-corrected chi connectivity index (χ4v) is 3.28. The average Bonchev–Trinajstić information content (AvgIpc) is 2.57. The number of rotatable bonds is 4. The van der Waals surface area contributed by atoms with Crippen LogP contribution in [0.25, 0.3) is 0 Å². The van der Waals surface area contributed by atoms with Crippen LogP contribution in [0.3, 0.4) is 0 Å². The highest BCUT2D eigenvalue weighted by Crippen LogP contribution is 2.28. The van der Waals surface area contributed by atoms with Crippen LogP contribution >= 0.6 is 23.2 Å². The number of anilines is 2. The molecule has 1 aromatic heterocycles. The molecular weight excluding hydrogens is 349 g/mol. The number of carbonyl (C=O) groups is 1. The van der Waals surface area contributed by atoms with Crippen molar-refractivity contribution in [2.24, 2.45) is 5.73 Å². The molecule has 126 valence electrons. The molecule has 6 nitrogen and oxygen atoms in total. The molecular formula is C16H17Cl2N5O. The monoisotopic (exact) mass is 365 g/mol. The van der Waals surface area contributed by atoms with Crippen molar-refractivity contribution in [3.8, 4) is 0 Å². The third-order valence-electron chi connectivity index (χ3n) is 3.98. The molecule has 3 rings (SSSR count). The minimum atomic E-state index is -0.590. The molecule has 1 aliphatic heterocycles. The van der Waals surface area contributed by atoms with E-state index in [0.29, 0.717) is 5.82 Å². The Hall–Kier alpha value is -2.05. The number of amides is 1. The Morgan fingerprint density at radius 2 is 2.08 bits per heavy atom. The van der Waals surface area contributed by atoms with Gasteiger partial charge in [-0.15, -0.1) is 10.2 Å². The van der Waals surface area contributed by atoms with Crippen molar-refractivity contribution >= 4 is 40.6 Å². The first-order chi connectivity index (χ1) is 11.5. The Labute approximate surface area is 149 Å². The SMILES string of the molecule is NC(=O)c1cc(Cl)nnc1NC1CCCN(c2ccccc2Cl)C1. The van der Waals surface area contributed by atoms with Gasteiger partial charge in [-0.2, -0.15) is 0 Å². The van der Waals surface area contributed by atoms with Crippen LogP contribution < -0.4 is 16.0 Å². The van der Waals surface area contributed by atoms with E-state index in [1.807, 2.05) is 24.3 Å². The van der Waals surface area contributed by atoms with E-state index >= 15 is 0 Å². The first-order valence-electron chi connectivity index (χ1n) is 7.63. The Morgan fingerprint density at radius 3 is 2.83 bits per heavy atom. The molecule has 24 heavy (non-hydrogen) atoms. The topological polar surface area (TPSA) is 84.1 Å². The zero-order valence-corrected chi connectivity index (χ0v) is 14.4. The number of aromatic nitrogens is 2. The van der Waals surface area contributed by atoms with Gasteiger partial charge in [-0.1, -0.05) is 35.3 Å². The number of piperidine rings is 1. The normalized spacial score (nSPS) is 17.6. The lowest BCUT2D eigenvalue weighted by molar-refractivity contribution is 0.100. The molecule has 1 atom stereocenters. The highest BCUT2D eigenvalue weighted by molar-refractivity contribution is 6.33. The van der Waals surface area contributed by atoms with E-state index in [4.69, 9.17) is 28.9 Å². The summed E-state index contributed by atoms with van der Waals surface area (Å²) >= 11 is 12.1. The van der Waals surface area contributed by atoms with Crippen LogP contribution in [-0.4, -0.2) is 35.2 Å². The summed E-state index contributed by atoms with van der Waals surface area (Å²) in [5.41, 5.74) is 6.64. The number of nitrogens with zero attached hydrogens (tertiary/aromatic N) is 3. The molecule has 0 spiro atoms. The molecule has 0 aliphatic carbocycles. The van der Waals surface area contributed by atoms with Crippen molar-refractivity contribution < 1.29 is 4.79 Å². The van der Waals surface area contributed by atoms with Crippen LogP contribution in [0.2, 0.25) is 10.2 Å². The van der Waals surface area contributed by atoms with Gasteiger partial charge in [-0.05, 0) is 31.0 Å². The molecule has 1 fully saturated rings. The van der Waals surface area contributed by atoms with Crippen LogP contribution in [0, 0.1) is 0 Å². The van der Waals surface area contributed by atoms with Gasteiger partial charge in [-0.3, -0.25) is 4.79 Å². The van der Waals surface area contributed by atoms with Crippen molar-refractivity contribution in [3.05, 3.63) is 46.1 Å². The second-order valence-electron chi connectivity index (χ2n) is 5.67. The number of halogens is 2. The number of hydrogen-bond donors (Lipinski definition) is 2. The van der Waals surface area contributed by atoms with Crippen molar-refractivity contribution in [2.45, 2.75) is 18.9 Å². The first kappa shape index (κ1) is 16.8. The number of carbonyl (C=O) groups excluding carboxylic acids is 1. The van der Waals surface area contributed by atoms with Crippen molar-refractivity contribution in [3.63, 3.8) is 0 Å². The fourth-order valence-electron chi connectivity index (χ4n) is 2.88. The molecule has 0 bridgehead atoms. The van der Waals surface area contributed by atoms with Crippen LogP contribution in [-0.2, 0) is 0 Å². The minimum absolute atomic E-state index is 0.101. The minimum Gasteiger partial charge on any atom is -0.368 e. The summed E-state index contributed by atoms with van der Waals surface area (Å²) in [6.07, 6.45) is 1.94. The predicted molar refractivity (Wildman–Crippen MR) is 95.9 cm³/mol. The summed E-state index contributed by atoms with van der Waals surface area (Å²) in [5.74, 6) is -0.231. The van der Waals surface area contributed by atoms with Crippen LogP contribution in [0.1, 0.15) is 23.2 Å².